The maximum atomic E-state index is 4.95. The molecule has 0 saturated heterocycles. The Morgan fingerprint density at radius 1 is 0.967 bits per heavy atom. The average Bonchev–Trinajstić information content (AvgIpc) is 3.36. The molecule has 2 aromatic heterocycles. The lowest BCUT2D eigenvalue weighted by Gasteiger charge is -2.31. The minimum Gasteiger partial charge on any atom is -0.295 e. The summed E-state index contributed by atoms with van der Waals surface area (Å²) in [6, 6.07) is 7.96. The Labute approximate surface area is 171 Å². The fourth-order valence-corrected chi connectivity index (χ4v) is 4.42. The summed E-state index contributed by atoms with van der Waals surface area (Å²) in [4.78, 5) is 30.9. The van der Waals surface area contributed by atoms with Crippen LogP contribution in [0.4, 0.5) is 5.82 Å². The van der Waals surface area contributed by atoms with Gasteiger partial charge in [-0.25, -0.2) is 19.9 Å². The molecule has 1 aromatic carbocycles. The van der Waals surface area contributed by atoms with Gasteiger partial charge in [0.25, 0.3) is 0 Å². The summed E-state index contributed by atoms with van der Waals surface area (Å²) in [7, 11) is 0. The van der Waals surface area contributed by atoms with Crippen molar-refractivity contribution in [1.29, 1.82) is 0 Å². The lowest BCUT2D eigenvalue weighted by molar-refractivity contribution is 0.602. The zero-order valence-corrected chi connectivity index (χ0v) is 15.7. The number of benzene rings is 1. The van der Waals surface area contributed by atoms with Crippen molar-refractivity contribution >= 4 is 35.0 Å². The first-order valence-corrected chi connectivity index (χ1v) is 9.71. The van der Waals surface area contributed by atoms with Gasteiger partial charge >= 0.3 is 0 Å². The number of rotatable bonds is 0. The van der Waals surface area contributed by atoms with E-state index in [1.807, 2.05) is 42.5 Å². The molecule has 5 heterocycles. The molecule has 4 aliphatic rings. The van der Waals surface area contributed by atoms with Gasteiger partial charge in [0, 0.05) is 24.8 Å². The van der Waals surface area contributed by atoms with Gasteiger partial charge in [-0.3, -0.25) is 19.5 Å². The second-order valence-corrected chi connectivity index (χ2v) is 7.28. The number of aromatic nitrogens is 4. The molecule has 142 valence electrons. The first-order valence-electron chi connectivity index (χ1n) is 9.71. The van der Waals surface area contributed by atoms with E-state index in [0.29, 0.717) is 11.5 Å². The number of aliphatic imine (C=N–C) groups is 3. The lowest BCUT2D eigenvalue weighted by Crippen LogP contribution is -2.36. The van der Waals surface area contributed by atoms with Crippen molar-refractivity contribution in [1.82, 2.24) is 19.5 Å². The third-order valence-electron chi connectivity index (χ3n) is 5.66. The summed E-state index contributed by atoms with van der Waals surface area (Å²) in [6.45, 7) is 0. The van der Waals surface area contributed by atoms with Crippen molar-refractivity contribution in [3.05, 3.63) is 72.5 Å². The molecule has 7 rings (SSSR count). The molecule has 30 heavy (non-hydrogen) atoms. The first-order chi connectivity index (χ1) is 14.9. The van der Waals surface area contributed by atoms with Gasteiger partial charge in [-0.2, -0.15) is 0 Å². The summed E-state index contributed by atoms with van der Waals surface area (Å²) in [6.07, 6.45) is 14.6. The number of anilines is 1. The molecule has 0 fully saturated rings. The maximum absolute atomic E-state index is 4.95. The van der Waals surface area contributed by atoms with Crippen LogP contribution in [0.5, 0.6) is 0 Å². The molecule has 0 saturated carbocycles. The molecule has 8 heteroatoms. The van der Waals surface area contributed by atoms with Gasteiger partial charge in [-0.05, 0) is 18.2 Å². The minimum atomic E-state index is -0.387. The van der Waals surface area contributed by atoms with Crippen LogP contribution in [0.25, 0.3) is 22.6 Å². The second kappa shape index (κ2) is 5.66. The van der Waals surface area contributed by atoms with E-state index in [2.05, 4.69) is 15.5 Å². The van der Waals surface area contributed by atoms with Crippen LogP contribution in [0.1, 0.15) is 6.17 Å². The van der Waals surface area contributed by atoms with Gasteiger partial charge in [0.1, 0.15) is 11.4 Å². The summed E-state index contributed by atoms with van der Waals surface area (Å²) >= 11 is 0. The number of hydrogen-bond donors (Lipinski definition) is 0. The zero-order valence-electron chi connectivity index (χ0n) is 15.7. The van der Waals surface area contributed by atoms with Gasteiger partial charge in [-0.15, -0.1) is 0 Å². The van der Waals surface area contributed by atoms with E-state index in [1.165, 1.54) is 0 Å². The first kappa shape index (κ1) is 15.7. The van der Waals surface area contributed by atoms with Gasteiger partial charge in [0.05, 0.1) is 22.8 Å². The monoisotopic (exact) mass is 390 g/mol. The van der Waals surface area contributed by atoms with Gasteiger partial charge in [0.2, 0.25) is 0 Å². The SMILES string of the molecule is C1=CC2=NC3=C4N=CC=NC4n4c(nc5ccccc54)-c4nccnc4N3C2C=C1. The third-order valence-corrected chi connectivity index (χ3v) is 5.66. The smallest absolute Gasteiger partial charge is 0.173 e. The number of nitrogens with zero attached hydrogens (tertiary/aromatic N) is 8. The van der Waals surface area contributed by atoms with Crippen molar-refractivity contribution < 1.29 is 0 Å². The summed E-state index contributed by atoms with van der Waals surface area (Å²) in [5.41, 5.74) is 4.27. The molecular formula is C22H14N8. The van der Waals surface area contributed by atoms with E-state index >= 15 is 0 Å². The molecular weight excluding hydrogens is 376 g/mol. The van der Waals surface area contributed by atoms with Crippen LogP contribution in [0.3, 0.4) is 0 Å². The van der Waals surface area contributed by atoms with Gasteiger partial charge in [-0.1, -0.05) is 30.4 Å². The average molecular weight is 390 g/mol. The molecule has 0 amide bonds. The molecule has 0 bridgehead atoms. The van der Waals surface area contributed by atoms with Crippen LogP contribution in [-0.4, -0.2) is 43.7 Å². The normalized spacial score (nSPS) is 22.8. The highest BCUT2D eigenvalue weighted by Gasteiger charge is 2.41. The molecule has 0 spiro atoms. The van der Waals surface area contributed by atoms with Crippen molar-refractivity contribution in [3.63, 3.8) is 0 Å². The molecule has 8 nitrogen and oxygen atoms in total. The van der Waals surface area contributed by atoms with Crippen LogP contribution in [0, 0.1) is 0 Å². The zero-order chi connectivity index (χ0) is 19.7. The highest BCUT2D eigenvalue weighted by atomic mass is 15.4. The second-order valence-electron chi connectivity index (χ2n) is 7.28. The Balaban J connectivity index is 1.64. The minimum absolute atomic E-state index is 0.0642. The van der Waals surface area contributed by atoms with Crippen molar-refractivity contribution in [2.75, 3.05) is 4.90 Å². The standard InChI is InChI=1S/C22H14N8/c1-3-7-15-13(5-1)27-21-17-20(26-12-9-23-17)30-16-8-4-2-6-14(16)28-22(30)18-19(29(15)21)25-11-10-24-18/h1-12,15,20H. The molecule has 0 radical (unpaired) electrons. The third kappa shape index (κ3) is 1.94. The highest BCUT2D eigenvalue weighted by molar-refractivity contribution is 6.17. The topological polar surface area (TPSA) is 83.9 Å². The Morgan fingerprint density at radius 2 is 1.90 bits per heavy atom. The summed E-state index contributed by atoms with van der Waals surface area (Å²) in [5, 5.41) is 0. The van der Waals surface area contributed by atoms with Crippen molar-refractivity contribution in [3.8, 4) is 11.5 Å². The van der Waals surface area contributed by atoms with Crippen LogP contribution in [0.2, 0.25) is 0 Å². The molecule has 2 atom stereocenters. The van der Waals surface area contributed by atoms with E-state index in [9.17, 15) is 0 Å². The summed E-state index contributed by atoms with van der Waals surface area (Å²) in [5.74, 6) is 2.18. The Morgan fingerprint density at radius 3 is 2.90 bits per heavy atom. The largest absolute Gasteiger partial charge is 0.295 e. The van der Waals surface area contributed by atoms with Crippen LogP contribution < -0.4 is 4.90 Å². The quantitative estimate of drug-likeness (QED) is 0.590. The number of para-hydroxylation sites is 2. The van der Waals surface area contributed by atoms with Gasteiger partial charge in [0.15, 0.2) is 23.6 Å². The van der Waals surface area contributed by atoms with Crippen LogP contribution in [-0.2, 0) is 0 Å². The van der Waals surface area contributed by atoms with Crippen molar-refractivity contribution in [2.24, 2.45) is 15.0 Å². The Kier molecular flexibility index (Phi) is 2.96. The Hall–Kier alpha value is -4.20. The van der Waals surface area contributed by atoms with Crippen molar-refractivity contribution in [2.45, 2.75) is 12.2 Å². The number of imidazole rings is 1. The molecule has 1 aliphatic carbocycles. The Bertz CT molecular complexity index is 1420. The fraction of sp³-hybridized carbons (Fsp3) is 0.0909. The molecule has 3 aliphatic heterocycles. The summed E-state index contributed by atoms with van der Waals surface area (Å²) < 4.78 is 2.09. The van der Waals surface area contributed by atoms with Crippen LogP contribution >= 0.6 is 0 Å². The number of hydrogen-bond acceptors (Lipinski definition) is 7. The predicted molar refractivity (Wildman–Crippen MR) is 116 cm³/mol. The van der Waals surface area contributed by atoms with E-state index in [4.69, 9.17) is 29.9 Å². The van der Waals surface area contributed by atoms with E-state index in [-0.39, 0.29) is 12.2 Å². The van der Waals surface area contributed by atoms with E-state index < -0.39 is 0 Å². The van der Waals surface area contributed by atoms with Crippen LogP contribution in [0.15, 0.2) is 87.5 Å². The maximum Gasteiger partial charge on any atom is 0.173 e. The molecule has 0 N–H and O–H groups in total. The molecule has 2 unspecified atom stereocenters. The number of allylic oxidation sites excluding steroid dienone is 2. The lowest BCUT2D eigenvalue weighted by atomic mass is 10.1. The van der Waals surface area contributed by atoms with E-state index in [1.54, 1.807) is 24.8 Å². The fourth-order valence-electron chi connectivity index (χ4n) is 4.42. The molecule has 3 aromatic rings. The highest BCUT2D eigenvalue weighted by Crippen LogP contribution is 2.44. The predicted octanol–water partition coefficient (Wildman–Crippen LogP) is 3.09. The van der Waals surface area contributed by atoms with Gasteiger partial charge < -0.3 is 0 Å². The number of fused-ring (bicyclic) bond motifs is 11. The van der Waals surface area contributed by atoms with E-state index in [0.717, 1.165) is 34.1 Å².